The molecule has 0 spiro atoms. The molecule has 7 heteroatoms. The number of amides is 2. The Bertz CT molecular complexity index is 434. The summed E-state index contributed by atoms with van der Waals surface area (Å²) >= 11 is 1.57. The number of aliphatic carboxylic acids is 1. The Morgan fingerprint density at radius 2 is 2.26 bits per heavy atom. The van der Waals surface area contributed by atoms with Crippen LogP contribution < -0.4 is 10.6 Å². The average molecular weight is 285 g/mol. The molecule has 3 N–H and O–H groups in total. The van der Waals surface area contributed by atoms with E-state index >= 15 is 0 Å². The van der Waals surface area contributed by atoms with Gasteiger partial charge >= 0.3 is 12.0 Å². The molecule has 19 heavy (non-hydrogen) atoms. The predicted molar refractivity (Wildman–Crippen MR) is 73.4 cm³/mol. The van der Waals surface area contributed by atoms with Gasteiger partial charge in [0, 0.05) is 18.3 Å². The minimum Gasteiger partial charge on any atom is -0.480 e. The lowest BCUT2D eigenvalue weighted by Gasteiger charge is -2.13. The number of carboxylic acids is 1. The van der Waals surface area contributed by atoms with Crippen molar-refractivity contribution in [3.8, 4) is 0 Å². The Labute approximate surface area is 116 Å². The van der Waals surface area contributed by atoms with Crippen LogP contribution in [0, 0.1) is 6.92 Å². The molecular weight excluding hydrogens is 266 g/mol. The largest absolute Gasteiger partial charge is 0.480 e. The van der Waals surface area contributed by atoms with E-state index in [4.69, 9.17) is 5.11 Å². The molecule has 0 fully saturated rings. The van der Waals surface area contributed by atoms with Crippen molar-refractivity contribution in [2.24, 2.45) is 0 Å². The highest BCUT2D eigenvalue weighted by atomic mass is 32.1. The van der Waals surface area contributed by atoms with Gasteiger partial charge in [-0.15, -0.1) is 11.3 Å². The van der Waals surface area contributed by atoms with Gasteiger partial charge in [-0.3, -0.25) is 0 Å². The van der Waals surface area contributed by atoms with Gasteiger partial charge in [0.15, 0.2) is 0 Å². The van der Waals surface area contributed by atoms with Gasteiger partial charge in [-0.2, -0.15) is 0 Å². The van der Waals surface area contributed by atoms with Crippen molar-refractivity contribution in [2.45, 2.75) is 39.2 Å². The van der Waals surface area contributed by atoms with Gasteiger partial charge in [0.05, 0.1) is 10.7 Å². The number of carboxylic acid groups (broad SMARTS) is 1. The maximum atomic E-state index is 11.5. The topological polar surface area (TPSA) is 91.3 Å². The summed E-state index contributed by atoms with van der Waals surface area (Å²) in [6.45, 7) is 4.24. The minimum absolute atomic E-state index is 0.425. The Balaban J connectivity index is 2.28. The smallest absolute Gasteiger partial charge is 0.326 e. The summed E-state index contributed by atoms with van der Waals surface area (Å²) < 4.78 is 0. The summed E-state index contributed by atoms with van der Waals surface area (Å²) in [4.78, 5) is 26.7. The van der Waals surface area contributed by atoms with E-state index in [2.05, 4.69) is 15.6 Å². The zero-order valence-electron chi connectivity index (χ0n) is 11.1. The molecule has 1 aromatic heterocycles. The Hall–Kier alpha value is -1.63. The number of nitrogens with one attached hydrogen (secondary N) is 2. The molecule has 6 nitrogen and oxygen atoms in total. The number of urea groups is 1. The van der Waals surface area contributed by atoms with E-state index in [0.29, 0.717) is 25.8 Å². The summed E-state index contributed by atoms with van der Waals surface area (Å²) in [6.07, 6.45) is 1.77. The summed E-state index contributed by atoms with van der Waals surface area (Å²) in [5.41, 5.74) is 0.936. The van der Waals surface area contributed by atoms with Crippen LogP contribution >= 0.6 is 11.3 Å². The second-order valence-electron chi connectivity index (χ2n) is 4.19. The van der Waals surface area contributed by atoms with Gasteiger partial charge in [-0.25, -0.2) is 14.6 Å². The number of hydrogen-bond acceptors (Lipinski definition) is 4. The molecule has 0 aliphatic carbocycles. The number of carbonyl (C=O) groups excluding carboxylic acids is 1. The molecule has 1 aromatic rings. The number of rotatable bonds is 7. The van der Waals surface area contributed by atoms with Crippen LogP contribution in [0.5, 0.6) is 0 Å². The fraction of sp³-hybridized carbons (Fsp3) is 0.583. The van der Waals surface area contributed by atoms with Crippen molar-refractivity contribution >= 4 is 23.3 Å². The molecule has 0 unspecified atom stereocenters. The second kappa shape index (κ2) is 7.73. The Kier molecular flexibility index (Phi) is 6.27. The van der Waals surface area contributed by atoms with Crippen LogP contribution in [-0.4, -0.2) is 34.7 Å². The quantitative estimate of drug-likeness (QED) is 0.708. The molecular formula is C12H19N3O3S. The summed E-state index contributed by atoms with van der Waals surface area (Å²) in [5.74, 6) is -1.01. The van der Waals surface area contributed by atoms with Gasteiger partial charge in [0.1, 0.15) is 6.04 Å². The fourth-order valence-corrected chi connectivity index (χ4v) is 2.23. The first-order chi connectivity index (χ1) is 9.02. The Morgan fingerprint density at radius 3 is 2.79 bits per heavy atom. The third-order valence-corrected chi connectivity index (χ3v) is 3.34. The van der Waals surface area contributed by atoms with Crippen LogP contribution in [0.15, 0.2) is 5.38 Å². The van der Waals surface area contributed by atoms with Crippen molar-refractivity contribution in [3.05, 3.63) is 16.1 Å². The van der Waals surface area contributed by atoms with Gasteiger partial charge < -0.3 is 15.7 Å². The van der Waals surface area contributed by atoms with Crippen molar-refractivity contribution in [2.75, 3.05) is 6.54 Å². The van der Waals surface area contributed by atoms with Gasteiger partial charge in [-0.05, 0) is 13.3 Å². The SMILES string of the molecule is CCC[C@H](NC(=O)NCCc1csc(C)n1)C(=O)O. The standard InChI is InChI=1S/C12H19N3O3S/c1-3-4-10(11(16)17)15-12(18)13-6-5-9-7-19-8(2)14-9/h7,10H,3-6H2,1-2H3,(H,16,17)(H2,13,15,18)/t10-/m0/s1. The fourth-order valence-electron chi connectivity index (χ4n) is 1.58. The van der Waals surface area contributed by atoms with E-state index in [0.717, 1.165) is 10.7 Å². The first-order valence-electron chi connectivity index (χ1n) is 6.21. The first kappa shape index (κ1) is 15.4. The molecule has 1 heterocycles. The number of aromatic nitrogens is 1. The van der Waals surface area contributed by atoms with Gasteiger partial charge in [0.2, 0.25) is 0 Å². The van der Waals surface area contributed by atoms with Gasteiger partial charge in [0.25, 0.3) is 0 Å². The number of carbonyl (C=O) groups is 2. The van der Waals surface area contributed by atoms with Gasteiger partial charge in [-0.1, -0.05) is 13.3 Å². The van der Waals surface area contributed by atoms with Crippen molar-refractivity contribution in [3.63, 3.8) is 0 Å². The van der Waals surface area contributed by atoms with E-state index in [1.54, 1.807) is 11.3 Å². The normalized spacial score (nSPS) is 11.9. The highest BCUT2D eigenvalue weighted by Gasteiger charge is 2.18. The molecule has 2 amide bonds. The molecule has 0 bridgehead atoms. The monoisotopic (exact) mass is 285 g/mol. The van der Waals surface area contributed by atoms with E-state index in [1.807, 2.05) is 19.2 Å². The summed E-state index contributed by atoms with van der Waals surface area (Å²) in [5, 5.41) is 16.9. The molecule has 0 aliphatic heterocycles. The minimum atomic E-state index is -1.01. The second-order valence-corrected chi connectivity index (χ2v) is 5.25. The molecule has 0 radical (unpaired) electrons. The molecule has 0 saturated heterocycles. The lowest BCUT2D eigenvalue weighted by Crippen LogP contribution is -2.46. The van der Waals surface area contributed by atoms with E-state index in [9.17, 15) is 9.59 Å². The van der Waals surface area contributed by atoms with Crippen LogP contribution in [0.1, 0.15) is 30.5 Å². The van der Waals surface area contributed by atoms with Crippen LogP contribution in [0.4, 0.5) is 4.79 Å². The van der Waals surface area contributed by atoms with Crippen LogP contribution in [-0.2, 0) is 11.2 Å². The highest BCUT2D eigenvalue weighted by molar-refractivity contribution is 7.09. The van der Waals surface area contributed by atoms with Crippen molar-refractivity contribution < 1.29 is 14.7 Å². The number of aryl methyl sites for hydroxylation is 1. The van der Waals surface area contributed by atoms with Crippen molar-refractivity contribution in [1.82, 2.24) is 15.6 Å². The van der Waals surface area contributed by atoms with Crippen LogP contribution in [0.3, 0.4) is 0 Å². The van der Waals surface area contributed by atoms with Crippen molar-refractivity contribution in [1.29, 1.82) is 0 Å². The third kappa shape index (κ3) is 5.69. The molecule has 0 aromatic carbocycles. The zero-order chi connectivity index (χ0) is 14.3. The summed E-state index contributed by atoms with van der Waals surface area (Å²) in [7, 11) is 0. The van der Waals surface area contributed by atoms with E-state index < -0.39 is 18.0 Å². The average Bonchev–Trinajstić information content (AvgIpc) is 2.74. The number of hydrogen-bond donors (Lipinski definition) is 3. The van der Waals surface area contributed by atoms with E-state index in [1.165, 1.54) is 0 Å². The molecule has 1 rings (SSSR count). The maximum absolute atomic E-state index is 11.5. The Morgan fingerprint density at radius 1 is 1.53 bits per heavy atom. The maximum Gasteiger partial charge on any atom is 0.326 e. The van der Waals surface area contributed by atoms with Crippen LogP contribution in [0.2, 0.25) is 0 Å². The highest BCUT2D eigenvalue weighted by Crippen LogP contribution is 2.07. The number of thiazole rings is 1. The first-order valence-corrected chi connectivity index (χ1v) is 7.09. The molecule has 106 valence electrons. The number of nitrogens with zero attached hydrogens (tertiary/aromatic N) is 1. The molecule has 1 atom stereocenters. The summed E-state index contributed by atoms with van der Waals surface area (Å²) in [6, 6.07) is -1.28. The predicted octanol–water partition coefficient (Wildman–Crippen LogP) is 1.55. The van der Waals surface area contributed by atoms with E-state index in [-0.39, 0.29) is 0 Å². The third-order valence-electron chi connectivity index (χ3n) is 2.51. The lowest BCUT2D eigenvalue weighted by atomic mass is 10.2. The van der Waals surface area contributed by atoms with Crippen LogP contribution in [0.25, 0.3) is 0 Å². The molecule has 0 aliphatic rings. The lowest BCUT2D eigenvalue weighted by molar-refractivity contribution is -0.139. The zero-order valence-corrected chi connectivity index (χ0v) is 11.9. The molecule has 0 saturated carbocycles.